The Hall–Kier alpha value is -6.18. The van der Waals surface area contributed by atoms with E-state index in [0.29, 0.717) is 29.2 Å². The zero-order chi connectivity index (χ0) is 55.4. The van der Waals surface area contributed by atoms with Gasteiger partial charge in [0.25, 0.3) is 21.6 Å². The molecule has 2 amide bonds. The van der Waals surface area contributed by atoms with E-state index in [-0.39, 0.29) is 101 Å². The van der Waals surface area contributed by atoms with Crippen LogP contribution in [0.5, 0.6) is 5.75 Å². The number of carbonyl (C=O) groups excluding carboxylic acids is 3. The largest absolute Gasteiger partial charge is 0.790 e. The lowest BCUT2D eigenvalue weighted by molar-refractivity contribution is -0.362. The topological polar surface area (TPSA) is 401 Å². The van der Waals surface area contributed by atoms with E-state index in [0.717, 1.165) is 19.1 Å². The van der Waals surface area contributed by atoms with Gasteiger partial charge in [-0.15, -0.1) is 0 Å². The minimum absolute atomic E-state index is 0. The third-order valence-corrected chi connectivity index (χ3v) is 14.9. The highest BCUT2D eigenvalue weighted by molar-refractivity contribution is 7.64. The molecule has 3 aliphatic rings. The fraction of sp³-hybridized carbons (Fsp3) is 0.442. The molecular weight excluding hydrogens is 1090 g/mol. The van der Waals surface area contributed by atoms with Crippen molar-refractivity contribution in [1.82, 2.24) is 24.7 Å². The number of azide groups is 1. The molecule has 77 heavy (non-hydrogen) atoms. The maximum Gasteiger partial charge on any atom is 0.737 e. The number of amides is 2. The monoisotopic (exact) mass is 1140 g/mol. The minimum Gasteiger partial charge on any atom is -0.790 e. The number of anilines is 1. The van der Waals surface area contributed by atoms with Crippen molar-refractivity contribution in [1.29, 1.82) is 0 Å². The molecule has 3 aromatic rings. The Labute approximate surface area is 438 Å². The molecule has 28 nitrogen and oxygen atoms in total. The Balaban J connectivity index is 0.0000109. The number of allylic oxidation sites excluding steroid dienone is 2. The fourth-order valence-corrected chi connectivity index (χ4v) is 10.8. The van der Waals surface area contributed by atoms with Gasteiger partial charge < -0.3 is 81.6 Å². The summed E-state index contributed by atoms with van der Waals surface area (Å²) < 4.78 is 101. The fourth-order valence-electron chi connectivity index (χ4n) is 7.94. The highest BCUT2D eigenvalue weighted by Crippen LogP contribution is 2.60. The van der Waals surface area contributed by atoms with E-state index in [1.54, 1.807) is 56.3 Å². The molecule has 1 fully saturated rings. The SMILES string of the molecule is C.Cc1cc(C)n2c1C=C1C=CC(CCC(=O)CCCNC(=O)c3cccc(OCC(N=[N+]=[N-])OCCOCC(=O)NCC#Cc4cn([C@H]5CC[C@@H](COP(=O)([O-])OP(=O)([O-])OP(=O)([O-])[O-])O5)c(=O)nc4N)c3)=[N+]1[B-]2(F)F. The number of nitrogens with two attached hydrogens (primary N) is 1. The molecule has 3 aliphatic heterocycles. The van der Waals surface area contributed by atoms with Crippen LogP contribution in [-0.2, 0) is 50.6 Å². The first-order chi connectivity index (χ1) is 35.8. The van der Waals surface area contributed by atoms with Crippen molar-refractivity contribution in [3.8, 4) is 17.6 Å². The number of rotatable bonds is 27. The van der Waals surface area contributed by atoms with E-state index in [4.69, 9.17) is 30.2 Å². The van der Waals surface area contributed by atoms with Gasteiger partial charge in [-0.3, -0.25) is 32.4 Å². The number of phosphoric acid groups is 3. The molecule has 5 atom stereocenters. The van der Waals surface area contributed by atoms with Crippen LogP contribution in [-0.4, -0.2) is 107 Å². The second-order valence-corrected chi connectivity index (χ2v) is 21.0. The molecule has 2 aromatic heterocycles. The maximum absolute atomic E-state index is 15.7. The molecule has 1 saturated heterocycles. The number of aromatic nitrogens is 3. The first kappa shape index (κ1) is 61.7. The van der Waals surface area contributed by atoms with Gasteiger partial charge in [0, 0.05) is 66.4 Å². The van der Waals surface area contributed by atoms with Gasteiger partial charge in [0.05, 0.1) is 45.9 Å². The molecule has 6 rings (SSSR count). The standard InChI is InChI=1S/C42H52BF2N10O18P3.CH4/c1-27-20-28(2)54-36(27)22-32-11-10-31(55(32)43(54,44)45)12-13-33(56)8-5-17-49-41(58)29-6-3-9-34(21-29)69-26-38(51-52-47)68-19-18-67-25-37(57)48-16-4-7-30-23-53(42(59)50-40(30)46)39-15-14-35(71-39)24-70-75(63,64)73-76(65,66)72-74(60,61)62;/h3,6,9-11,20-23,35,38-39H,5,8,12-19,24-26H2,1-2H3,(H,48,57)(H,49,58)(H,63,64)(H,65,66)(H2,46,50,59)(H2,60,61,62);1H4/p-4/t35-,38?,39+;/m0./s1. The van der Waals surface area contributed by atoms with E-state index in [9.17, 15) is 52.4 Å². The van der Waals surface area contributed by atoms with Gasteiger partial charge in [-0.25, -0.2) is 9.11 Å². The molecule has 1 aromatic carbocycles. The van der Waals surface area contributed by atoms with Crippen molar-refractivity contribution in [2.45, 2.75) is 78.4 Å². The normalized spacial score (nSPS) is 18.2. The zero-order valence-corrected chi connectivity index (χ0v) is 43.0. The predicted octanol–water partition coefficient (Wildman–Crippen LogP) is 1.75. The minimum atomic E-state index is -6.17. The van der Waals surface area contributed by atoms with Gasteiger partial charge in [0.15, 0.2) is 11.9 Å². The Morgan fingerprint density at radius 1 is 1.08 bits per heavy atom. The predicted molar refractivity (Wildman–Crippen MR) is 261 cm³/mol. The number of ketones is 1. The van der Waals surface area contributed by atoms with Gasteiger partial charge in [0.1, 0.15) is 42.5 Å². The van der Waals surface area contributed by atoms with Gasteiger partial charge in [-0.2, -0.15) is 4.98 Å². The van der Waals surface area contributed by atoms with Crippen LogP contribution < -0.4 is 46.4 Å². The number of hydrogen-bond donors (Lipinski definition) is 3. The summed E-state index contributed by atoms with van der Waals surface area (Å²) in [6.45, 7) is -2.50. The Morgan fingerprint density at radius 3 is 2.58 bits per heavy atom. The quantitative estimate of drug-likeness (QED) is 0.0186. The van der Waals surface area contributed by atoms with Crippen LogP contribution in [0.2, 0.25) is 0 Å². The summed E-state index contributed by atoms with van der Waals surface area (Å²) in [5.74, 6) is 4.09. The number of nitrogens with zero attached hydrogens (tertiary/aromatic N) is 7. The highest BCUT2D eigenvalue weighted by Gasteiger charge is 2.52. The average molecular weight is 1140 g/mol. The molecule has 0 spiro atoms. The third kappa shape index (κ3) is 17.7. The van der Waals surface area contributed by atoms with Crippen LogP contribution in [0.15, 0.2) is 64.3 Å². The van der Waals surface area contributed by atoms with Gasteiger partial charge in [0.2, 0.25) is 5.91 Å². The number of carbonyl (C=O) groups is 3. The van der Waals surface area contributed by atoms with Gasteiger partial charge in [-0.1, -0.05) is 30.4 Å². The van der Waals surface area contributed by atoms with Gasteiger partial charge >= 0.3 is 12.7 Å². The lowest BCUT2D eigenvalue weighted by Gasteiger charge is -2.37. The van der Waals surface area contributed by atoms with Crippen LogP contribution >= 0.6 is 23.5 Å². The average Bonchev–Trinajstić information content (AvgIpc) is 4.06. The van der Waals surface area contributed by atoms with Crippen molar-refractivity contribution in [2.75, 3.05) is 51.9 Å². The lowest BCUT2D eigenvalue weighted by Crippen LogP contribution is -2.50. The molecule has 0 radical (unpaired) electrons. The van der Waals surface area contributed by atoms with Crippen molar-refractivity contribution in [2.24, 2.45) is 5.11 Å². The van der Waals surface area contributed by atoms with Crippen LogP contribution in [0.3, 0.4) is 0 Å². The number of benzene rings is 1. The van der Waals surface area contributed by atoms with Crippen molar-refractivity contribution >= 4 is 65.6 Å². The summed E-state index contributed by atoms with van der Waals surface area (Å²) in [7, 11) is -18.1. The number of aryl methyl sites for hydroxylation is 2. The van der Waals surface area contributed by atoms with Crippen molar-refractivity contribution < 1.29 is 92.9 Å². The molecule has 418 valence electrons. The number of Topliss-reactive ketones (excluding diaryl/α,β-unsaturated/α-hetero) is 1. The molecule has 34 heteroatoms. The van der Waals surface area contributed by atoms with E-state index < -0.39 is 79.7 Å². The second kappa shape index (κ2) is 26.9. The maximum atomic E-state index is 15.7. The van der Waals surface area contributed by atoms with Crippen molar-refractivity contribution in [3.05, 3.63) is 103 Å². The van der Waals surface area contributed by atoms with Crippen molar-refractivity contribution in [3.63, 3.8) is 0 Å². The highest BCUT2D eigenvalue weighted by atomic mass is 31.3. The summed E-state index contributed by atoms with van der Waals surface area (Å²) in [4.78, 5) is 101. The number of halogens is 2. The third-order valence-electron chi connectivity index (χ3n) is 11.2. The molecule has 0 bridgehead atoms. The number of nitrogens with one attached hydrogen (secondary N) is 2. The Bertz CT molecular complexity index is 3130. The zero-order valence-electron chi connectivity index (χ0n) is 40.4. The van der Waals surface area contributed by atoms with Crippen LogP contribution in [0.1, 0.15) is 85.1 Å². The molecule has 3 unspecified atom stereocenters. The smallest absolute Gasteiger partial charge is 0.737 e. The van der Waals surface area contributed by atoms with Gasteiger partial charge in [-0.05, 0) is 74.2 Å². The molecular formula is C43H52BF2N10O18P3-4. The number of nitrogen functional groups attached to an aromatic ring is 1. The van der Waals surface area contributed by atoms with E-state index in [1.165, 1.54) is 12.3 Å². The number of ether oxygens (including phenoxy) is 4. The molecule has 0 saturated carbocycles. The number of hydrogen-bond acceptors (Lipinski definition) is 21. The summed E-state index contributed by atoms with van der Waals surface area (Å²) in [5.41, 5.74) is 16.7. The van der Waals surface area contributed by atoms with E-state index in [1.807, 2.05) is 0 Å². The Kier molecular flexibility index (Phi) is 21.6. The Morgan fingerprint density at radius 2 is 1.84 bits per heavy atom. The molecule has 4 N–H and O–H groups in total. The van der Waals surface area contributed by atoms with E-state index >= 15 is 8.63 Å². The molecule has 5 heterocycles. The number of phosphoric ester groups is 1. The summed E-state index contributed by atoms with van der Waals surface area (Å²) in [6.07, 6.45) is 3.76. The first-order valence-electron chi connectivity index (χ1n) is 22.9. The second-order valence-electron chi connectivity index (χ2n) is 16.8. The first-order valence-corrected chi connectivity index (χ1v) is 27.3. The van der Waals surface area contributed by atoms with Crippen LogP contribution in [0.4, 0.5) is 14.4 Å². The van der Waals surface area contributed by atoms with Crippen LogP contribution in [0, 0.1) is 25.7 Å². The summed E-state index contributed by atoms with van der Waals surface area (Å²) in [5, 5.41) is 8.76. The lowest BCUT2D eigenvalue weighted by atomic mass is 9.90. The number of fused-ring (bicyclic) bond motifs is 2. The summed E-state index contributed by atoms with van der Waals surface area (Å²) in [6, 6.07) is 7.86. The van der Waals surface area contributed by atoms with E-state index in [2.05, 4.69) is 50.6 Å². The van der Waals surface area contributed by atoms with Crippen LogP contribution in [0.25, 0.3) is 16.5 Å². The summed E-state index contributed by atoms with van der Waals surface area (Å²) >= 11 is 0. The molecule has 0 aliphatic carbocycles.